The number of nitrogens with zero attached hydrogens (tertiary/aromatic N) is 1. The van der Waals surface area contributed by atoms with Gasteiger partial charge < -0.3 is 10.2 Å². The lowest BCUT2D eigenvalue weighted by Gasteiger charge is -2.23. The molecule has 1 aromatic rings. The number of nitrogens with one attached hydrogen (secondary N) is 1. The third kappa shape index (κ3) is 4.42. The van der Waals surface area contributed by atoms with E-state index in [1.807, 2.05) is 4.90 Å². The maximum atomic E-state index is 12.3. The molecule has 1 unspecified atom stereocenters. The molecule has 2 fully saturated rings. The number of primary sulfonamides is 1. The lowest BCUT2D eigenvalue weighted by Crippen LogP contribution is -2.37. The molecule has 0 radical (unpaired) electrons. The summed E-state index contributed by atoms with van der Waals surface area (Å²) in [5, 5.41) is 7.96. The molecule has 0 aromatic heterocycles. The highest BCUT2D eigenvalue weighted by molar-refractivity contribution is 7.89. The van der Waals surface area contributed by atoms with Crippen LogP contribution in [-0.4, -0.2) is 44.3 Å². The number of sulfonamides is 1. The van der Waals surface area contributed by atoms with E-state index in [-0.39, 0.29) is 22.6 Å². The number of amides is 2. The van der Waals surface area contributed by atoms with E-state index >= 15 is 0 Å². The average molecular weight is 379 g/mol. The third-order valence-corrected chi connectivity index (χ3v) is 6.19. The van der Waals surface area contributed by atoms with E-state index in [1.165, 1.54) is 12.1 Å². The summed E-state index contributed by atoms with van der Waals surface area (Å²) in [6.07, 6.45) is 5.31. The fraction of sp³-hybridized carbons (Fsp3) is 0.556. The zero-order valence-electron chi connectivity index (χ0n) is 14.7. The van der Waals surface area contributed by atoms with Crippen molar-refractivity contribution < 1.29 is 18.0 Å². The van der Waals surface area contributed by atoms with Gasteiger partial charge in [-0.1, -0.05) is 25.0 Å². The monoisotopic (exact) mass is 379 g/mol. The fourth-order valence-corrected chi connectivity index (χ4v) is 4.31. The van der Waals surface area contributed by atoms with Crippen LogP contribution in [0.1, 0.15) is 37.7 Å². The van der Waals surface area contributed by atoms with Crippen molar-refractivity contribution in [3.05, 3.63) is 29.8 Å². The van der Waals surface area contributed by atoms with Crippen LogP contribution in [0.5, 0.6) is 0 Å². The molecular weight excluding hydrogens is 354 g/mol. The van der Waals surface area contributed by atoms with E-state index in [0.29, 0.717) is 32.0 Å². The summed E-state index contributed by atoms with van der Waals surface area (Å²) in [5.74, 6) is -0.261. The zero-order valence-corrected chi connectivity index (χ0v) is 15.5. The molecule has 26 heavy (non-hydrogen) atoms. The van der Waals surface area contributed by atoms with Crippen molar-refractivity contribution >= 4 is 21.8 Å². The van der Waals surface area contributed by atoms with Crippen LogP contribution in [0.15, 0.2) is 29.2 Å². The van der Waals surface area contributed by atoms with Gasteiger partial charge in [0.1, 0.15) is 0 Å². The van der Waals surface area contributed by atoms with Gasteiger partial charge in [-0.15, -0.1) is 0 Å². The highest BCUT2D eigenvalue weighted by atomic mass is 32.2. The molecule has 142 valence electrons. The van der Waals surface area contributed by atoms with Crippen LogP contribution in [0.25, 0.3) is 0 Å². The largest absolute Gasteiger partial charge is 0.355 e. The Bertz CT molecular complexity index is 770. The summed E-state index contributed by atoms with van der Waals surface area (Å²) in [6, 6.07) is 6.61. The first-order valence-electron chi connectivity index (χ1n) is 9.03. The van der Waals surface area contributed by atoms with Gasteiger partial charge in [0.05, 0.1) is 10.8 Å². The van der Waals surface area contributed by atoms with Gasteiger partial charge in [0.2, 0.25) is 21.8 Å². The van der Waals surface area contributed by atoms with Crippen molar-refractivity contribution in [3.63, 3.8) is 0 Å². The third-order valence-electron chi connectivity index (χ3n) is 5.26. The second kappa shape index (κ2) is 7.75. The van der Waals surface area contributed by atoms with Crippen LogP contribution in [0.2, 0.25) is 0 Å². The topological polar surface area (TPSA) is 110 Å². The summed E-state index contributed by atoms with van der Waals surface area (Å²) in [5.41, 5.74) is 0.910. The van der Waals surface area contributed by atoms with Crippen LogP contribution in [0.3, 0.4) is 0 Å². The first-order valence-corrected chi connectivity index (χ1v) is 10.6. The van der Waals surface area contributed by atoms with Crippen molar-refractivity contribution in [1.82, 2.24) is 10.2 Å². The van der Waals surface area contributed by atoms with E-state index in [2.05, 4.69) is 5.32 Å². The first kappa shape index (κ1) is 18.8. The lowest BCUT2D eigenvalue weighted by molar-refractivity contribution is -0.130. The molecule has 8 heteroatoms. The summed E-state index contributed by atoms with van der Waals surface area (Å²) in [4.78, 5) is 26.5. The van der Waals surface area contributed by atoms with Crippen LogP contribution in [0, 0.1) is 5.92 Å². The van der Waals surface area contributed by atoms with Crippen LogP contribution >= 0.6 is 0 Å². The van der Waals surface area contributed by atoms with Gasteiger partial charge in [-0.05, 0) is 37.0 Å². The molecule has 1 atom stereocenters. The predicted octanol–water partition coefficient (Wildman–Crippen LogP) is 0.784. The molecule has 1 aliphatic heterocycles. The number of hydrogen-bond donors (Lipinski definition) is 2. The Morgan fingerprint density at radius 3 is 2.46 bits per heavy atom. The Morgan fingerprint density at radius 1 is 1.19 bits per heavy atom. The molecule has 3 rings (SSSR count). The van der Waals surface area contributed by atoms with Crippen molar-refractivity contribution in [1.29, 1.82) is 0 Å². The molecule has 1 heterocycles. The van der Waals surface area contributed by atoms with Crippen LogP contribution in [-0.2, 0) is 26.0 Å². The highest BCUT2D eigenvalue weighted by Gasteiger charge is 2.38. The van der Waals surface area contributed by atoms with Gasteiger partial charge in [0.15, 0.2) is 0 Å². The smallest absolute Gasteiger partial charge is 0.238 e. The minimum absolute atomic E-state index is 0.0711. The standard InChI is InChI=1S/C18H25N3O4S/c19-26(24,25)16-7-5-13(6-8-16)9-10-20-18(23)14-11-17(22)21(12-14)15-3-1-2-4-15/h5-8,14-15H,1-4,9-12H2,(H,20,23)(H2,19,24,25). The van der Waals surface area contributed by atoms with Crippen molar-refractivity contribution in [2.24, 2.45) is 11.1 Å². The van der Waals surface area contributed by atoms with Gasteiger partial charge >= 0.3 is 0 Å². The minimum atomic E-state index is -3.69. The Kier molecular flexibility index (Phi) is 5.62. The SMILES string of the molecule is NS(=O)(=O)c1ccc(CCNC(=O)C2CC(=O)N(C3CCCC3)C2)cc1. The van der Waals surface area contributed by atoms with Crippen molar-refractivity contribution in [2.45, 2.75) is 49.5 Å². The molecule has 1 aromatic carbocycles. The van der Waals surface area contributed by atoms with E-state index in [4.69, 9.17) is 5.14 Å². The number of likely N-dealkylation sites (tertiary alicyclic amines) is 1. The summed E-state index contributed by atoms with van der Waals surface area (Å²) in [7, 11) is -3.69. The number of carbonyl (C=O) groups excluding carboxylic acids is 2. The number of hydrogen-bond acceptors (Lipinski definition) is 4. The van der Waals surface area contributed by atoms with Crippen molar-refractivity contribution in [3.8, 4) is 0 Å². The molecule has 2 aliphatic rings. The molecule has 0 bridgehead atoms. The minimum Gasteiger partial charge on any atom is -0.355 e. The van der Waals surface area contributed by atoms with Crippen LogP contribution < -0.4 is 10.5 Å². The van der Waals surface area contributed by atoms with E-state index in [1.54, 1.807) is 12.1 Å². The average Bonchev–Trinajstić information content (AvgIpc) is 3.23. The number of benzene rings is 1. The second-order valence-electron chi connectivity index (χ2n) is 7.12. The van der Waals surface area contributed by atoms with E-state index in [0.717, 1.165) is 31.2 Å². The number of nitrogens with two attached hydrogens (primary N) is 1. The van der Waals surface area contributed by atoms with E-state index < -0.39 is 10.0 Å². The van der Waals surface area contributed by atoms with Crippen molar-refractivity contribution in [2.75, 3.05) is 13.1 Å². The second-order valence-corrected chi connectivity index (χ2v) is 8.68. The Morgan fingerprint density at radius 2 is 1.85 bits per heavy atom. The maximum absolute atomic E-state index is 12.3. The quantitative estimate of drug-likeness (QED) is 0.761. The van der Waals surface area contributed by atoms with Gasteiger partial charge in [-0.3, -0.25) is 9.59 Å². The van der Waals surface area contributed by atoms with Gasteiger partial charge in [-0.2, -0.15) is 0 Å². The molecule has 1 aliphatic carbocycles. The normalized spacial score (nSPS) is 21.3. The van der Waals surface area contributed by atoms with Gasteiger partial charge in [-0.25, -0.2) is 13.6 Å². The lowest BCUT2D eigenvalue weighted by atomic mass is 10.1. The highest BCUT2D eigenvalue weighted by Crippen LogP contribution is 2.29. The molecule has 2 amide bonds. The molecule has 7 nitrogen and oxygen atoms in total. The van der Waals surface area contributed by atoms with Gasteiger partial charge in [0.25, 0.3) is 0 Å². The maximum Gasteiger partial charge on any atom is 0.238 e. The summed E-state index contributed by atoms with van der Waals surface area (Å²) < 4.78 is 22.5. The Labute approximate surface area is 154 Å². The fourth-order valence-electron chi connectivity index (χ4n) is 3.80. The van der Waals surface area contributed by atoms with Gasteiger partial charge in [0, 0.05) is 25.6 Å². The molecule has 1 saturated carbocycles. The Balaban J connectivity index is 1.46. The molecular formula is C18H25N3O4S. The number of rotatable bonds is 6. The van der Waals surface area contributed by atoms with E-state index in [9.17, 15) is 18.0 Å². The molecule has 3 N–H and O–H groups in total. The number of carbonyl (C=O) groups is 2. The first-order chi connectivity index (χ1) is 12.3. The molecule has 1 saturated heterocycles. The zero-order chi connectivity index (χ0) is 18.7. The Hall–Kier alpha value is -1.93. The summed E-state index contributed by atoms with van der Waals surface area (Å²) in [6.45, 7) is 0.972. The predicted molar refractivity (Wildman–Crippen MR) is 96.6 cm³/mol. The molecule has 0 spiro atoms. The van der Waals surface area contributed by atoms with Crippen LogP contribution in [0.4, 0.5) is 0 Å². The summed E-state index contributed by atoms with van der Waals surface area (Å²) >= 11 is 0.